The standard InChI is InChI=1S/C18H28N2O3/c1-4-23-13-17(21)19-12-15-6-5-11-20(2)18(15)14-7-9-16(22-3)10-8-14/h7-10,15,18H,4-6,11-13H2,1-3H3,(H,19,21). The fourth-order valence-corrected chi connectivity index (χ4v) is 3.29. The van der Waals surface area contributed by atoms with Gasteiger partial charge >= 0.3 is 0 Å². The highest BCUT2D eigenvalue weighted by atomic mass is 16.5. The van der Waals surface area contributed by atoms with Gasteiger partial charge in [-0.1, -0.05) is 12.1 Å². The van der Waals surface area contributed by atoms with Crippen molar-refractivity contribution in [1.29, 1.82) is 0 Å². The van der Waals surface area contributed by atoms with Gasteiger partial charge in [-0.25, -0.2) is 0 Å². The molecule has 0 spiro atoms. The number of nitrogens with one attached hydrogen (secondary N) is 1. The van der Waals surface area contributed by atoms with Gasteiger partial charge < -0.3 is 14.8 Å². The number of rotatable bonds is 7. The third-order valence-electron chi connectivity index (χ3n) is 4.46. The number of hydrogen-bond acceptors (Lipinski definition) is 4. The summed E-state index contributed by atoms with van der Waals surface area (Å²) in [6, 6.07) is 8.58. The summed E-state index contributed by atoms with van der Waals surface area (Å²) in [7, 11) is 3.83. The lowest BCUT2D eigenvalue weighted by Gasteiger charge is -2.39. The maximum absolute atomic E-state index is 11.8. The number of carbonyl (C=O) groups excluding carboxylic acids is 1. The second kappa shape index (κ2) is 8.89. The van der Waals surface area contributed by atoms with Gasteiger partial charge in [0, 0.05) is 19.2 Å². The molecule has 1 aromatic carbocycles. The first-order chi connectivity index (χ1) is 11.2. The minimum absolute atomic E-state index is 0.0337. The Morgan fingerprint density at radius 1 is 1.35 bits per heavy atom. The highest BCUT2D eigenvalue weighted by Crippen LogP contribution is 2.35. The summed E-state index contributed by atoms with van der Waals surface area (Å²) >= 11 is 0. The summed E-state index contributed by atoms with van der Waals surface area (Å²) < 4.78 is 10.4. The Kier molecular flexibility index (Phi) is 6.86. The number of nitrogens with zero attached hydrogens (tertiary/aromatic N) is 1. The Labute approximate surface area is 139 Å². The zero-order chi connectivity index (χ0) is 16.7. The molecule has 128 valence electrons. The van der Waals surface area contributed by atoms with Gasteiger partial charge in [-0.05, 0) is 57.0 Å². The van der Waals surface area contributed by atoms with Crippen molar-refractivity contribution in [3.8, 4) is 5.75 Å². The molecule has 2 atom stereocenters. The number of hydrogen-bond donors (Lipinski definition) is 1. The highest BCUT2D eigenvalue weighted by molar-refractivity contribution is 5.77. The molecule has 1 amide bonds. The fourth-order valence-electron chi connectivity index (χ4n) is 3.29. The summed E-state index contributed by atoms with van der Waals surface area (Å²) in [5.74, 6) is 1.25. The summed E-state index contributed by atoms with van der Waals surface area (Å²) in [5, 5.41) is 3.01. The third kappa shape index (κ3) is 4.94. The van der Waals surface area contributed by atoms with Crippen LogP contribution in [0.5, 0.6) is 5.75 Å². The Morgan fingerprint density at radius 2 is 2.09 bits per heavy atom. The van der Waals surface area contributed by atoms with E-state index in [-0.39, 0.29) is 12.5 Å². The number of ether oxygens (including phenoxy) is 2. The second-order valence-corrected chi connectivity index (χ2v) is 6.04. The lowest BCUT2D eigenvalue weighted by Crippen LogP contribution is -2.42. The predicted molar refractivity (Wildman–Crippen MR) is 90.6 cm³/mol. The average Bonchev–Trinajstić information content (AvgIpc) is 2.58. The number of benzene rings is 1. The van der Waals surface area contributed by atoms with Crippen molar-refractivity contribution < 1.29 is 14.3 Å². The first-order valence-corrected chi connectivity index (χ1v) is 8.34. The molecule has 0 radical (unpaired) electrons. The van der Waals surface area contributed by atoms with Gasteiger partial charge in [-0.15, -0.1) is 0 Å². The smallest absolute Gasteiger partial charge is 0.246 e. The van der Waals surface area contributed by atoms with Crippen molar-refractivity contribution in [2.75, 3.05) is 40.5 Å². The van der Waals surface area contributed by atoms with Crippen LogP contribution < -0.4 is 10.1 Å². The predicted octanol–water partition coefficient (Wildman–Crippen LogP) is 2.23. The molecule has 1 aliphatic heterocycles. The van der Waals surface area contributed by atoms with E-state index in [4.69, 9.17) is 9.47 Å². The molecule has 0 aromatic heterocycles. The van der Waals surface area contributed by atoms with Gasteiger partial charge in [0.1, 0.15) is 12.4 Å². The number of piperidine rings is 1. The molecule has 5 heteroatoms. The maximum atomic E-state index is 11.8. The number of likely N-dealkylation sites (tertiary alicyclic amines) is 1. The molecule has 23 heavy (non-hydrogen) atoms. The monoisotopic (exact) mass is 320 g/mol. The Balaban J connectivity index is 2.01. The van der Waals surface area contributed by atoms with Gasteiger partial charge in [0.25, 0.3) is 0 Å². The van der Waals surface area contributed by atoms with Crippen LogP contribution in [-0.4, -0.2) is 51.3 Å². The topological polar surface area (TPSA) is 50.8 Å². The Hall–Kier alpha value is -1.59. The van der Waals surface area contributed by atoms with Crippen molar-refractivity contribution in [2.24, 2.45) is 5.92 Å². The van der Waals surface area contributed by atoms with E-state index in [0.29, 0.717) is 25.1 Å². The normalized spacial score (nSPS) is 21.9. The van der Waals surface area contributed by atoms with Gasteiger partial charge in [0.15, 0.2) is 0 Å². The van der Waals surface area contributed by atoms with E-state index < -0.39 is 0 Å². The van der Waals surface area contributed by atoms with E-state index in [0.717, 1.165) is 25.1 Å². The van der Waals surface area contributed by atoms with Crippen LogP contribution in [0, 0.1) is 5.92 Å². The highest BCUT2D eigenvalue weighted by Gasteiger charge is 2.30. The Morgan fingerprint density at radius 3 is 2.74 bits per heavy atom. The lowest BCUT2D eigenvalue weighted by atomic mass is 9.85. The maximum Gasteiger partial charge on any atom is 0.246 e. The molecule has 1 aromatic rings. The first-order valence-electron chi connectivity index (χ1n) is 8.34. The minimum Gasteiger partial charge on any atom is -0.497 e. The van der Waals surface area contributed by atoms with Crippen LogP contribution in [0.15, 0.2) is 24.3 Å². The molecule has 2 unspecified atom stereocenters. The molecule has 1 saturated heterocycles. The molecular formula is C18H28N2O3. The van der Waals surface area contributed by atoms with Crippen molar-refractivity contribution in [3.05, 3.63) is 29.8 Å². The molecule has 1 N–H and O–H groups in total. The molecule has 1 heterocycles. The quantitative estimate of drug-likeness (QED) is 0.837. The van der Waals surface area contributed by atoms with E-state index >= 15 is 0 Å². The fraction of sp³-hybridized carbons (Fsp3) is 0.611. The van der Waals surface area contributed by atoms with Crippen LogP contribution in [0.1, 0.15) is 31.4 Å². The van der Waals surface area contributed by atoms with E-state index in [1.165, 1.54) is 5.56 Å². The minimum atomic E-state index is -0.0337. The van der Waals surface area contributed by atoms with E-state index in [1.54, 1.807) is 7.11 Å². The molecular weight excluding hydrogens is 292 g/mol. The lowest BCUT2D eigenvalue weighted by molar-refractivity contribution is -0.125. The van der Waals surface area contributed by atoms with Crippen LogP contribution >= 0.6 is 0 Å². The van der Waals surface area contributed by atoms with E-state index in [1.807, 2.05) is 19.1 Å². The molecule has 0 saturated carbocycles. The van der Waals surface area contributed by atoms with Crippen LogP contribution in [0.3, 0.4) is 0 Å². The van der Waals surface area contributed by atoms with Crippen LogP contribution in [0.25, 0.3) is 0 Å². The van der Waals surface area contributed by atoms with Crippen LogP contribution in [0.4, 0.5) is 0 Å². The van der Waals surface area contributed by atoms with Crippen molar-refractivity contribution in [2.45, 2.75) is 25.8 Å². The van der Waals surface area contributed by atoms with Crippen molar-refractivity contribution in [1.82, 2.24) is 10.2 Å². The molecule has 1 aliphatic rings. The van der Waals surface area contributed by atoms with Crippen molar-refractivity contribution >= 4 is 5.91 Å². The summed E-state index contributed by atoms with van der Waals surface area (Å²) in [6.45, 7) is 4.37. The van der Waals surface area contributed by atoms with Gasteiger partial charge in [-0.3, -0.25) is 9.69 Å². The summed E-state index contributed by atoms with van der Waals surface area (Å²) in [5.41, 5.74) is 1.28. The molecule has 0 aliphatic carbocycles. The third-order valence-corrected chi connectivity index (χ3v) is 4.46. The Bertz CT molecular complexity index is 490. The molecule has 2 rings (SSSR count). The molecule has 5 nitrogen and oxygen atoms in total. The number of methoxy groups -OCH3 is 1. The van der Waals surface area contributed by atoms with E-state index in [9.17, 15) is 4.79 Å². The number of amides is 1. The average molecular weight is 320 g/mol. The SMILES string of the molecule is CCOCC(=O)NCC1CCCN(C)C1c1ccc(OC)cc1. The summed E-state index contributed by atoms with van der Waals surface area (Å²) in [4.78, 5) is 14.2. The van der Waals surface area contributed by atoms with Crippen molar-refractivity contribution in [3.63, 3.8) is 0 Å². The van der Waals surface area contributed by atoms with E-state index in [2.05, 4.69) is 29.4 Å². The largest absolute Gasteiger partial charge is 0.497 e. The molecule has 1 fully saturated rings. The van der Waals surface area contributed by atoms with Crippen LogP contribution in [0.2, 0.25) is 0 Å². The van der Waals surface area contributed by atoms with Gasteiger partial charge in [-0.2, -0.15) is 0 Å². The van der Waals surface area contributed by atoms with Gasteiger partial charge in [0.2, 0.25) is 5.91 Å². The second-order valence-electron chi connectivity index (χ2n) is 6.04. The first kappa shape index (κ1) is 17.8. The summed E-state index contributed by atoms with van der Waals surface area (Å²) in [6.07, 6.45) is 2.28. The zero-order valence-corrected chi connectivity index (χ0v) is 14.4. The van der Waals surface area contributed by atoms with Crippen LogP contribution in [-0.2, 0) is 9.53 Å². The van der Waals surface area contributed by atoms with Gasteiger partial charge in [0.05, 0.1) is 7.11 Å². The molecule has 0 bridgehead atoms. The zero-order valence-electron chi connectivity index (χ0n) is 14.4. The number of carbonyl (C=O) groups is 1.